The molecule has 2 unspecified atom stereocenters. The molecule has 1 heterocycles. The van der Waals surface area contributed by atoms with Crippen molar-refractivity contribution in [3.05, 3.63) is 35.9 Å². The lowest BCUT2D eigenvalue weighted by molar-refractivity contribution is -0.135. The SMILES string of the molecule is CC(=O)C1C(c2ccccc2)CCN1C(C)=O. The summed E-state index contributed by atoms with van der Waals surface area (Å²) < 4.78 is 0. The molecule has 2 rings (SSSR count). The van der Waals surface area contributed by atoms with Crippen LogP contribution in [0.2, 0.25) is 0 Å². The van der Waals surface area contributed by atoms with Crippen LogP contribution in [0.5, 0.6) is 0 Å². The molecule has 3 heteroatoms. The summed E-state index contributed by atoms with van der Waals surface area (Å²) in [5.74, 6) is 0.216. The van der Waals surface area contributed by atoms with Crippen molar-refractivity contribution < 1.29 is 9.59 Å². The third-order valence-electron chi connectivity index (χ3n) is 3.45. The summed E-state index contributed by atoms with van der Waals surface area (Å²) in [6.45, 7) is 3.78. The largest absolute Gasteiger partial charge is 0.332 e. The summed E-state index contributed by atoms with van der Waals surface area (Å²) in [5, 5.41) is 0. The van der Waals surface area contributed by atoms with Gasteiger partial charge in [0.2, 0.25) is 5.91 Å². The van der Waals surface area contributed by atoms with Crippen LogP contribution in [0, 0.1) is 0 Å². The molecule has 0 aliphatic carbocycles. The quantitative estimate of drug-likeness (QED) is 0.780. The van der Waals surface area contributed by atoms with Crippen molar-refractivity contribution in [2.24, 2.45) is 0 Å². The summed E-state index contributed by atoms with van der Waals surface area (Å²) >= 11 is 0. The van der Waals surface area contributed by atoms with Gasteiger partial charge in [-0.1, -0.05) is 30.3 Å². The average Bonchev–Trinajstić information content (AvgIpc) is 2.74. The summed E-state index contributed by atoms with van der Waals surface area (Å²) in [6, 6.07) is 9.69. The molecule has 1 aliphatic heterocycles. The smallest absolute Gasteiger partial charge is 0.220 e. The molecular weight excluding hydrogens is 214 g/mol. The lowest BCUT2D eigenvalue weighted by Gasteiger charge is -2.25. The molecule has 1 aliphatic rings. The maximum absolute atomic E-state index is 11.8. The third kappa shape index (κ3) is 2.23. The second-order valence-corrected chi connectivity index (χ2v) is 4.57. The highest BCUT2D eigenvalue weighted by Gasteiger charge is 2.39. The molecule has 0 bridgehead atoms. The Kier molecular flexibility index (Phi) is 3.27. The molecule has 1 fully saturated rings. The minimum atomic E-state index is -0.283. The fourth-order valence-electron chi connectivity index (χ4n) is 2.70. The number of amides is 1. The first-order valence-corrected chi connectivity index (χ1v) is 5.94. The number of carbonyl (C=O) groups excluding carboxylic acids is 2. The highest BCUT2D eigenvalue weighted by molar-refractivity contribution is 5.88. The molecule has 2 atom stereocenters. The second kappa shape index (κ2) is 4.70. The predicted octanol–water partition coefficient (Wildman–Crippen LogP) is 1.98. The third-order valence-corrected chi connectivity index (χ3v) is 3.45. The fraction of sp³-hybridized carbons (Fsp3) is 0.429. The lowest BCUT2D eigenvalue weighted by Crippen LogP contribution is -2.40. The number of hydrogen-bond acceptors (Lipinski definition) is 2. The molecule has 0 N–H and O–H groups in total. The second-order valence-electron chi connectivity index (χ2n) is 4.57. The van der Waals surface area contributed by atoms with Crippen molar-refractivity contribution in [1.82, 2.24) is 4.90 Å². The van der Waals surface area contributed by atoms with Crippen molar-refractivity contribution in [2.45, 2.75) is 32.2 Å². The highest BCUT2D eigenvalue weighted by atomic mass is 16.2. The number of benzene rings is 1. The first kappa shape index (κ1) is 11.8. The molecule has 0 spiro atoms. The maximum Gasteiger partial charge on any atom is 0.220 e. The molecule has 0 radical (unpaired) electrons. The van der Waals surface area contributed by atoms with Gasteiger partial charge in [0, 0.05) is 19.4 Å². The molecule has 1 aromatic carbocycles. The standard InChI is InChI=1S/C14H17NO2/c1-10(16)14-13(8-9-15(14)11(2)17)12-6-4-3-5-7-12/h3-7,13-14H,8-9H2,1-2H3. The number of rotatable bonds is 2. The topological polar surface area (TPSA) is 37.4 Å². The Balaban J connectivity index is 2.30. The van der Waals surface area contributed by atoms with Crippen LogP contribution in [0.4, 0.5) is 0 Å². The zero-order valence-corrected chi connectivity index (χ0v) is 10.2. The van der Waals surface area contributed by atoms with Gasteiger partial charge in [-0.05, 0) is 18.9 Å². The lowest BCUT2D eigenvalue weighted by atomic mass is 9.90. The first-order chi connectivity index (χ1) is 8.11. The minimum Gasteiger partial charge on any atom is -0.332 e. The zero-order chi connectivity index (χ0) is 12.4. The van der Waals surface area contributed by atoms with Crippen LogP contribution in [0.25, 0.3) is 0 Å². The van der Waals surface area contributed by atoms with E-state index in [4.69, 9.17) is 0 Å². The minimum absolute atomic E-state index is 0.0105. The number of hydrogen-bond donors (Lipinski definition) is 0. The van der Waals surface area contributed by atoms with E-state index < -0.39 is 0 Å². The summed E-state index contributed by atoms with van der Waals surface area (Å²) in [4.78, 5) is 25.0. The van der Waals surface area contributed by atoms with E-state index in [-0.39, 0.29) is 23.7 Å². The van der Waals surface area contributed by atoms with E-state index in [1.807, 2.05) is 30.3 Å². The number of carbonyl (C=O) groups is 2. The van der Waals surface area contributed by atoms with Crippen molar-refractivity contribution in [2.75, 3.05) is 6.54 Å². The van der Waals surface area contributed by atoms with Gasteiger partial charge in [0.1, 0.15) is 0 Å². The molecular formula is C14H17NO2. The van der Waals surface area contributed by atoms with Crippen molar-refractivity contribution >= 4 is 11.7 Å². The molecule has 1 aromatic rings. The van der Waals surface area contributed by atoms with Crippen LogP contribution in [0.3, 0.4) is 0 Å². The fourth-order valence-corrected chi connectivity index (χ4v) is 2.70. The number of nitrogens with zero attached hydrogens (tertiary/aromatic N) is 1. The number of Topliss-reactive ketones (excluding diaryl/α,β-unsaturated/α-hetero) is 1. The van der Waals surface area contributed by atoms with E-state index >= 15 is 0 Å². The van der Waals surface area contributed by atoms with Crippen LogP contribution >= 0.6 is 0 Å². The molecule has 1 saturated heterocycles. The normalized spacial score (nSPS) is 23.8. The van der Waals surface area contributed by atoms with Crippen molar-refractivity contribution in [3.63, 3.8) is 0 Å². The van der Waals surface area contributed by atoms with Crippen molar-refractivity contribution in [1.29, 1.82) is 0 Å². The molecule has 0 aromatic heterocycles. The van der Waals surface area contributed by atoms with E-state index in [2.05, 4.69) is 0 Å². The molecule has 1 amide bonds. The molecule has 90 valence electrons. The maximum atomic E-state index is 11.8. The van der Waals surface area contributed by atoms with Crippen LogP contribution in [-0.4, -0.2) is 29.2 Å². The van der Waals surface area contributed by atoms with Gasteiger partial charge < -0.3 is 4.90 Å². The Hall–Kier alpha value is -1.64. The summed E-state index contributed by atoms with van der Waals surface area (Å²) in [6.07, 6.45) is 0.869. The van der Waals surface area contributed by atoms with Gasteiger partial charge in [0.15, 0.2) is 5.78 Å². The van der Waals surface area contributed by atoms with Gasteiger partial charge in [-0.3, -0.25) is 9.59 Å². The van der Waals surface area contributed by atoms with Gasteiger partial charge >= 0.3 is 0 Å². The summed E-state index contributed by atoms with van der Waals surface area (Å²) in [7, 11) is 0. The van der Waals surface area contributed by atoms with Crippen LogP contribution < -0.4 is 0 Å². The Morgan fingerprint density at radius 2 is 1.82 bits per heavy atom. The van der Waals surface area contributed by atoms with Crippen LogP contribution in [0.1, 0.15) is 31.7 Å². The Morgan fingerprint density at radius 3 is 2.35 bits per heavy atom. The van der Waals surface area contributed by atoms with Gasteiger partial charge in [-0.2, -0.15) is 0 Å². The van der Waals surface area contributed by atoms with Crippen LogP contribution in [0.15, 0.2) is 30.3 Å². The molecule has 17 heavy (non-hydrogen) atoms. The van der Waals surface area contributed by atoms with Gasteiger partial charge in [-0.15, -0.1) is 0 Å². The van der Waals surface area contributed by atoms with E-state index in [0.717, 1.165) is 12.0 Å². The summed E-state index contributed by atoms with van der Waals surface area (Å²) in [5.41, 5.74) is 1.15. The van der Waals surface area contributed by atoms with Crippen LogP contribution in [-0.2, 0) is 9.59 Å². The molecule has 3 nitrogen and oxygen atoms in total. The average molecular weight is 231 g/mol. The van der Waals surface area contributed by atoms with E-state index in [9.17, 15) is 9.59 Å². The highest BCUT2D eigenvalue weighted by Crippen LogP contribution is 2.33. The van der Waals surface area contributed by atoms with Crippen molar-refractivity contribution in [3.8, 4) is 0 Å². The van der Waals surface area contributed by atoms with E-state index in [1.54, 1.807) is 11.8 Å². The zero-order valence-electron chi connectivity index (χ0n) is 10.2. The number of likely N-dealkylation sites (tertiary alicyclic amines) is 1. The van der Waals surface area contributed by atoms with E-state index in [1.165, 1.54) is 6.92 Å². The van der Waals surface area contributed by atoms with Gasteiger partial charge in [-0.25, -0.2) is 0 Å². The predicted molar refractivity (Wildman–Crippen MR) is 65.7 cm³/mol. The number of ketones is 1. The Bertz CT molecular complexity index is 427. The van der Waals surface area contributed by atoms with E-state index in [0.29, 0.717) is 6.54 Å². The first-order valence-electron chi connectivity index (χ1n) is 5.94. The van der Waals surface area contributed by atoms with Gasteiger partial charge in [0.25, 0.3) is 0 Å². The monoisotopic (exact) mass is 231 g/mol. The van der Waals surface area contributed by atoms with Gasteiger partial charge in [0.05, 0.1) is 6.04 Å². The Morgan fingerprint density at radius 1 is 1.18 bits per heavy atom. The Labute approximate surface area is 101 Å². The molecule has 0 saturated carbocycles.